The summed E-state index contributed by atoms with van der Waals surface area (Å²) in [6.07, 6.45) is 22.9. The van der Waals surface area contributed by atoms with E-state index in [0.717, 1.165) is 77.0 Å². The quantitative estimate of drug-likeness (QED) is 0.0898. The topological polar surface area (TPSA) is 212 Å². The Balaban J connectivity index is 1.15. The molecule has 15 heteroatoms. The van der Waals surface area contributed by atoms with E-state index in [0.29, 0.717) is 57.6 Å². The van der Waals surface area contributed by atoms with Gasteiger partial charge in [-0.05, 0) is 186 Å². The Morgan fingerprint density at radius 3 is 0.958 bits per heavy atom. The lowest BCUT2D eigenvalue weighted by Gasteiger charge is -2.34. The number of hydrogen-bond donors (Lipinski definition) is 9. The molecule has 96 heavy (non-hydrogen) atoms. The maximum Gasteiger partial charge on any atom is 0.324 e. The molecule has 3 aromatic carbocycles. The van der Waals surface area contributed by atoms with E-state index in [1.165, 1.54) is 7.11 Å². The molecule has 6 unspecified atom stereocenters. The second-order valence-electron chi connectivity index (χ2n) is 22.3. The molecule has 1 aliphatic heterocycles. The van der Waals surface area contributed by atoms with E-state index in [1.54, 1.807) is 24.3 Å². The van der Waals surface area contributed by atoms with E-state index in [2.05, 4.69) is 210 Å². The van der Waals surface area contributed by atoms with Gasteiger partial charge in [-0.25, -0.2) is 0 Å². The Morgan fingerprint density at radius 1 is 0.385 bits per heavy atom. The fourth-order valence-corrected chi connectivity index (χ4v) is 11.4. The fourth-order valence-electron chi connectivity index (χ4n) is 11.4. The molecule has 0 radical (unpaired) electrons. The fraction of sp³-hybridized carbons (Fsp3) is 0.346. The van der Waals surface area contributed by atoms with Crippen molar-refractivity contribution in [3.63, 3.8) is 0 Å². The van der Waals surface area contributed by atoms with Crippen LogP contribution >= 0.6 is 0 Å². The third-order valence-electron chi connectivity index (χ3n) is 15.9. The smallest absolute Gasteiger partial charge is 0.324 e. The minimum absolute atomic E-state index is 0.0133. The molecule has 0 aromatic heterocycles. The van der Waals surface area contributed by atoms with Crippen molar-refractivity contribution in [2.45, 2.75) is 172 Å². The molecule has 4 aliphatic rings. The van der Waals surface area contributed by atoms with Gasteiger partial charge in [0.2, 0.25) is 0 Å². The molecule has 3 aromatic rings. The highest BCUT2D eigenvalue weighted by molar-refractivity contribution is 5.76. The van der Waals surface area contributed by atoms with Crippen LogP contribution in [0.15, 0.2) is 36.4 Å². The van der Waals surface area contributed by atoms with Gasteiger partial charge in [0.05, 0.1) is 20.0 Å². The number of rotatable bonds is 6. The predicted molar refractivity (Wildman–Crippen MR) is 366 cm³/mol. The Kier molecular flexibility index (Phi) is 30.5. The van der Waals surface area contributed by atoms with Crippen LogP contribution < -0.4 is 36.6 Å². The van der Waals surface area contributed by atoms with Crippen LogP contribution in [0.1, 0.15) is 128 Å². The highest BCUT2D eigenvalue weighted by Gasteiger charge is 2.30. The van der Waals surface area contributed by atoms with Crippen LogP contribution in [0.2, 0.25) is 0 Å². The molecular formula is C81H68N6O9. The van der Waals surface area contributed by atoms with Crippen molar-refractivity contribution in [3.05, 3.63) is 80.9 Å². The van der Waals surface area contributed by atoms with E-state index in [1.807, 2.05) is 12.1 Å². The van der Waals surface area contributed by atoms with Crippen LogP contribution in [0.25, 0.3) is 0 Å². The normalized spacial score (nSPS) is 18.1. The Hall–Kier alpha value is -11.8. The zero-order chi connectivity index (χ0) is 67.8. The van der Waals surface area contributed by atoms with E-state index in [9.17, 15) is 29.7 Å². The summed E-state index contributed by atoms with van der Waals surface area (Å²) in [7, 11) is 1.35. The van der Waals surface area contributed by atoms with Crippen LogP contribution in [0.5, 0.6) is 23.0 Å². The number of hydrogen-bond acceptors (Lipinski definition) is 15. The van der Waals surface area contributed by atoms with Gasteiger partial charge in [-0.1, -0.05) is 68.7 Å². The number of carbonyl (C=O) groups excluding carboxylic acids is 3. The summed E-state index contributed by atoms with van der Waals surface area (Å²) in [5.74, 6) is 70.8. The molecule has 1 heterocycles. The van der Waals surface area contributed by atoms with Gasteiger partial charge in [0, 0.05) is 150 Å². The Labute approximate surface area is 564 Å². The van der Waals surface area contributed by atoms with Gasteiger partial charge in [-0.3, -0.25) is 14.4 Å². The number of ether oxygens (including phenoxy) is 3. The number of esters is 3. The summed E-state index contributed by atoms with van der Waals surface area (Å²) >= 11 is 0. The standard InChI is InChI=1S/C81H68N6O9/c1-4-6-8-10-12-14-16-18-20-21-23-25-27-29-31-45-76(88)96-69-53-67-59-86-74-43-36-34-41-72(74)83-56-64-48-61(51-77(89)94-3)47-63(79(64)91)55-82-70-39-32-33-40-71(70)84-57-65-49-62(52-78(90)95-46-38-30-28-26-24-22-19-17-15-13-11-9-7-5-2)50-66(80(65)92)58-85-73-42-35-37-44-75(73)87-60-68(54-69)81(67)93/h1-2,47-50,53-54,70-75,82-87,91-93H,32-37,39-45,51-52,55-60H2,3H3. The summed E-state index contributed by atoms with van der Waals surface area (Å²) in [5, 5.41) is 58.6. The van der Waals surface area contributed by atoms with Gasteiger partial charge in [0.15, 0.2) is 0 Å². The lowest BCUT2D eigenvalue weighted by molar-refractivity contribution is -0.140. The molecule has 9 N–H and O–H groups in total. The number of methoxy groups -OCH3 is 1. The maximum absolute atomic E-state index is 13.4. The zero-order valence-electron chi connectivity index (χ0n) is 53.2. The number of nitrogens with one attached hydrogen (secondary N) is 6. The third-order valence-corrected chi connectivity index (χ3v) is 15.9. The zero-order valence-corrected chi connectivity index (χ0v) is 53.2. The molecule has 6 atom stereocenters. The van der Waals surface area contributed by atoms with Crippen molar-refractivity contribution in [1.82, 2.24) is 31.9 Å². The van der Waals surface area contributed by atoms with Crippen LogP contribution in [0.4, 0.5) is 0 Å². The van der Waals surface area contributed by atoms with Crippen LogP contribution in [-0.2, 0) is 76.0 Å². The van der Waals surface area contributed by atoms with Crippen LogP contribution in [0.3, 0.4) is 0 Å². The second kappa shape index (κ2) is 40.9. The average molecular weight is 1270 g/mol. The molecular weight excluding hydrogens is 1200 g/mol. The third kappa shape index (κ3) is 25.0. The Morgan fingerprint density at radius 2 is 0.656 bits per heavy atom. The lowest BCUT2D eigenvalue weighted by Crippen LogP contribution is -2.49. The van der Waals surface area contributed by atoms with Gasteiger partial charge in [-0.2, -0.15) is 0 Å². The number of carbonyl (C=O) groups is 3. The number of phenolic OH excluding ortho intramolecular Hbond substituents is 3. The molecule has 15 nitrogen and oxygen atoms in total. The molecule has 6 bridgehead atoms. The Bertz CT molecular complexity index is 4200. The second-order valence-corrected chi connectivity index (χ2v) is 22.3. The largest absolute Gasteiger partial charge is 0.507 e. The number of benzene rings is 3. The predicted octanol–water partition coefficient (Wildman–Crippen LogP) is 5.06. The molecule has 476 valence electrons. The molecule has 3 saturated carbocycles. The minimum atomic E-state index is -0.636. The number of phenols is 3. The average Bonchev–Trinajstić information content (AvgIpc) is 0.864. The van der Waals surface area contributed by atoms with Crippen LogP contribution in [0, 0.1) is 191 Å². The first-order valence-corrected chi connectivity index (χ1v) is 31.3. The first-order valence-electron chi connectivity index (χ1n) is 31.3. The van der Waals surface area contributed by atoms with Gasteiger partial charge in [-0.15, -0.1) is 12.8 Å². The van der Waals surface area contributed by atoms with Gasteiger partial charge in [0.1, 0.15) is 35.5 Å². The van der Waals surface area contributed by atoms with E-state index < -0.39 is 17.9 Å². The van der Waals surface area contributed by atoms with Crippen molar-refractivity contribution in [2.75, 3.05) is 7.11 Å². The van der Waals surface area contributed by atoms with Gasteiger partial charge >= 0.3 is 17.9 Å². The summed E-state index contributed by atoms with van der Waals surface area (Å²) in [4.78, 5) is 39.5. The van der Waals surface area contributed by atoms with Gasteiger partial charge in [0.25, 0.3) is 0 Å². The first-order chi connectivity index (χ1) is 47.0. The van der Waals surface area contributed by atoms with Crippen molar-refractivity contribution in [2.24, 2.45) is 0 Å². The van der Waals surface area contributed by atoms with Crippen LogP contribution in [-0.4, -0.2) is 76.6 Å². The molecule has 3 aliphatic carbocycles. The lowest BCUT2D eigenvalue weighted by atomic mass is 9.89. The maximum atomic E-state index is 13.4. The monoisotopic (exact) mass is 1270 g/mol. The van der Waals surface area contributed by atoms with Crippen molar-refractivity contribution in [3.8, 4) is 214 Å². The number of terminal acetylenes is 2. The van der Waals surface area contributed by atoms with Crippen molar-refractivity contribution < 1.29 is 43.9 Å². The molecule has 0 amide bonds. The summed E-state index contributed by atoms with van der Waals surface area (Å²) < 4.78 is 16.2. The van der Waals surface area contributed by atoms with E-state index >= 15 is 0 Å². The molecule has 7 rings (SSSR count). The minimum Gasteiger partial charge on any atom is -0.507 e. The summed E-state index contributed by atoms with van der Waals surface area (Å²) in [6, 6.07) is 10.3. The summed E-state index contributed by atoms with van der Waals surface area (Å²) in [5.41, 5.74) is 4.75. The first kappa shape index (κ1) is 71.6. The molecule has 0 spiro atoms. The highest BCUT2D eigenvalue weighted by atomic mass is 16.5. The van der Waals surface area contributed by atoms with E-state index in [4.69, 9.17) is 27.1 Å². The van der Waals surface area contributed by atoms with E-state index in [-0.39, 0.29) is 105 Å². The summed E-state index contributed by atoms with van der Waals surface area (Å²) in [6.45, 7) is 1.59. The van der Waals surface area contributed by atoms with Crippen molar-refractivity contribution >= 4 is 17.9 Å². The molecule has 3 fully saturated rings. The van der Waals surface area contributed by atoms with Gasteiger partial charge < -0.3 is 61.4 Å². The molecule has 0 saturated heterocycles. The number of fused-ring (bicyclic) bond motifs is 9. The van der Waals surface area contributed by atoms with Crippen molar-refractivity contribution in [1.29, 1.82) is 0 Å². The highest BCUT2D eigenvalue weighted by Crippen LogP contribution is 2.33. The SMILES string of the molecule is C#CC#CC#CC#CC#CC#CC#CC#CCC(=O)Oc1cc2c(O)c(c1)CNC1CCCCC1NCc1cc(CC(=O)OC#CC#CC#CC#CC#CC#CC#CC#C)cc(c1O)CNC1CCCCC1NCc1cc(CC(=O)OC)cc(c1O)CNC1CCCCC1NC2. The number of aromatic hydroxyl groups is 3.